The number of urea groups is 1. The van der Waals surface area contributed by atoms with E-state index < -0.39 is 23.5 Å². The zero-order valence-electron chi connectivity index (χ0n) is 19.9. The molecule has 2 amide bonds. The summed E-state index contributed by atoms with van der Waals surface area (Å²) in [6, 6.07) is 13.3. The minimum Gasteiger partial charge on any atom is -0.369 e. The molecule has 0 bridgehead atoms. The molecule has 1 fully saturated rings. The highest BCUT2D eigenvalue weighted by atomic mass is 19.4. The third-order valence-corrected chi connectivity index (χ3v) is 6.41. The second-order valence-electron chi connectivity index (χ2n) is 8.91. The summed E-state index contributed by atoms with van der Waals surface area (Å²) < 4.78 is 78.5. The average molecular weight is 538 g/mol. The van der Waals surface area contributed by atoms with Crippen LogP contribution in [0.3, 0.4) is 0 Å². The zero-order chi connectivity index (χ0) is 27.6. The molecule has 0 atom stereocenters. The molecule has 202 valence electrons. The van der Waals surface area contributed by atoms with Crippen LogP contribution < -0.4 is 5.32 Å². The highest BCUT2D eigenvalue weighted by molar-refractivity contribution is 5.89. The van der Waals surface area contributed by atoms with Crippen LogP contribution in [0.15, 0.2) is 73.1 Å². The number of pyridine rings is 1. The van der Waals surface area contributed by atoms with Crippen molar-refractivity contribution in [2.45, 2.75) is 24.5 Å². The van der Waals surface area contributed by atoms with Gasteiger partial charge in [-0.1, -0.05) is 36.4 Å². The van der Waals surface area contributed by atoms with Crippen LogP contribution in [0.2, 0.25) is 0 Å². The van der Waals surface area contributed by atoms with Gasteiger partial charge in [-0.2, -0.15) is 26.3 Å². The van der Waals surface area contributed by atoms with Gasteiger partial charge in [-0.3, -0.25) is 9.88 Å². The lowest BCUT2D eigenvalue weighted by atomic mass is 9.90. The van der Waals surface area contributed by atoms with Crippen molar-refractivity contribution in [3.8, 4) is 11.1 Å². The molecule has 1 aliphatic rings. The van der Waals surface area contributed by atoms with Crippen molar-refractivity contribution in [3.63, 3.8) is 0 Å². The molecule has 0 saturated carbocycles. The minimum absolute atomic E-state index is 0.274. The first-order chi connectivity index (χ1) is 17.9. The number of hydrogen-bond donors (Lipinski definition) is 2. The van der Waals surface area contributed by atoms with Crippen molar-refractivity contribution in [3.05, 3.63) is 84.2 Å². The van der Waals surface area contributed by atoms with Gasteiger partial charge in [0.15, 0.2) is 0 Å². The number of alkyl halides is 6. The van der Waals surface area contributed by atoms with Crippen molar-refractivity contribution in [1.82, 2.24) is 14.8 Å². The number of nitrogens with one attached hydrogen (secondary N) is 1. The fourth-order valence-electron chi connectivity index (χ4n) is 4.20. The summed E-state index contributed by atoms with van der Waals surface area (Å²) in [5.74, 6) is 0. The Balaban J connectivity index is 1.35. The lowest BCUT2D eigenvalue weighted by Gasteiger charge is -2.34. The first kappa shape index (κ1) is 27.4. The van der Waals surface area contributed by atoms with Crippen LogP contribution in [0, 0.1) is 0 Å². The first-order valence-corrected chi connectivity index (χ1v) is 11.6. The Kier molecular flexibility index (Phi) is 7.65. The zero-order valence-corrected chi connectivity index (χ0v) is 19.9. The van der Waals surface area contributed by atoms with Gasteiger partial charge >= 0.3 is 18.4 Å². The maximum atomic E-state index is 13.1. The molecular formula is C26H24F6N4O2. The predicted molar refractivity (Wildman–Crippen MR) is 128 cm³/mol. The summed E-state index contributed by atoms with van der Waals surface area (Å²) in [4.78, 5) is 20.6. The number of hydrogen-bond acceptors (Lipinski definition) is 4. The summed E-state index contributed by atoms with van der Waals surface area (Å²) in [6.45, 7) is 3.28. The lowest BCUT2D eigenvalue weighted by molar-refractivity contribution is -0.376. The van der Waals surface area contributed by atoms with E-state index in [1.807, 2.05) is 12.1 Å². The number of rotatable bonds is 5. The number of benzene rings is 2. The van der Waals surface area contributed by atoms with Crippen molar-refractivity contribution >= 4 is 11.7 Å². The summed E-state index contributed by atoms with van der Waals surface area (Å²) in [6.07, 6.45) is -8.42. The van der Waals surface area contributed by atoms with E-state index in [0.717, 1.165) is 24.2 Å². The highest BCUT2D eigenvalue weighted by Crippen LogP contribution is 2.50. The molecule has 4 rings (SSSR count). The standard InChI is InChI=1S/C26H24F6N4O2/c27-25(28,29)24(38,26(30,31)32)21-5-1-19(2-6-21)20-3-7-22(8-4-20)34-23(37)36-15-13-35(14-16-36)17-18-9-11-33-12-10-18/h1-12,38H,13-17H2,(H,34,37). The molecule has 12 heteroatoms. The third-order valence-electron chi connectivity index (χ3n) is 6.41. The summed E-state index contributed by atoms with van der Waals surface area (Å²) in [7, 11) is 0. The molecule has 38 heavy (non-hydrogen) atoms. The summed E-state index contributed by atoms with van der Waals surface area (Å²) >= 11 is 0. The molecule has 2 heterocycles. The van der Waals surface area contributed by atoms with Crippen LogP contribution in [-0.4, -0.2) is 64.5 Å². The van der Waals surface area contributed by atoms with Crippen molar-refractivity contribution < 1.29 is 36.2 Å². The molecule has 1 aromatic heterocycles. The molecule has 0 spiro atoms. The number of aromatic nitrogens is 1. The number of anilines is 1. The van der Waals surface area contributed by atoms with E-state index in [4.69, 9.17) is 0 Å². The maximum Gasteiger partial charge on any atom is 0.430 e. The van der Waals surface area contributed by atoms with Crippen molar-refractivity contribution in [2.75, 3.05) is 31.5 Å². The third kappa shape index (κ3) is 5.76. The van der Waals surface area contributed by atoms with Crippen LogP contribution in [0.25, 0.3) is 11.1 Å². The second kappa shape index (κ2) is 10.6. The molecule has 1 aliphatic heterocycles. The van der Waals surface area contributed by atoms with Gasteiger partial charge in [0.1, 0.15) is 0 Å². The smallest absolute Gasteiger partial charge is 0.369 e. The number of piperazine rings is 1. The van der Waals surface area contributed by atoms with Gasteiger partial charge in [-0.15, -0.1) is 0 Å². The minimum atomic E-state index is -5.95. The van der Waals surface area contributed by atoms with E-state index >= 15 is 0 Å². The summed E-state index contributed by atoms with van der Waals surface area (Å²) in [5.41, 5.74) is -3.84. The van der Waals surface area contributed by atoms with Crippen LogP contribution in [0.5, 0.6) is 0 Å². The van der Waals surface area contributed by atoms with Crippen molar-refractivity contribution in [1.29, 1.82) is 0 Å². The van der Waals surface area contributed by atoms with Gasteiger partial charge in [0.25, 0.3) is 5.60 Å². The Morgan fingerprint density at radius 3 is 1.79 bits per heavy atom. The largest absolute Gasteiger partial charge is 0.430 e. The SMILES string of the molecule is O=C(Nc1ccc(-c2ccc(C(O)(C(F)(F)F)C(F)(F)F)cc2)cc1)N1CCN(Cc2ccncc2)CC1. The van der Waals surface area contributed by atoms with E-state index in [9.17, 15) is 36.2 Å². The highest BCUT2D eigenvalue weighted by Gasteiger charge is 2.71. The number of amides is 2. The molecule has 3 aromatic rings. The Labute approximate surface area is 214 Å². The quantitative estimate of drug-likeness (QED) is 0.427. The predicted octanol–water partition coefficient (Wildman–Crippen LogP) is 5.41. The molecular weight excluding hydrogens is 514 g/mol. The van der Waals surface area contributed by atoms with Crippen LogP contribution in [-0.2, 0) is 12.1 Å². The monoisotopic (exact) mass is 538 g/mol. The van der Waals surface area contributed by atoms with E-state index in [1.54, 1.807) is 41.6 Å². The van der Waals surface area contributed by atoms with E-state index in [1.165, 1.54) is 0 Å². The number of carbonyl (C=O) groups excluding carboxylic acids is 1. The fourth-order valence-corrected chi connectivity index (χ4v) is 4.20. The molecule has 6 nitrogen and oxygen atoms in total. The number of halogens is 6. The van der Waals surface area contributed by atoms with Gasteiger partial charge in [0.2, 0.25) is 0 Å². The van der Waals surface area contributed by atoms with E-state index in [0.29, 0.717) is 55.1 Å². The summed E-state index contributed by atoms with van der Waals surface area (Å²) in [5, 5.41) is 12.3. The normalized spacial score (nSPS) is 15.4. The van der Waals surface area contributed by atoms with Gasteiger partial charge in [-0.05, 0) is 41.0 Å². The van der Waals surface area contributed by atoms with Crippen LogP contribution in [0.4, 0.5) is 36.8 Å². The molecule has 2 aromatic carbocycles. The van der Waals surface area contributed by atoms with Gasteiger partial charge in [0, 0.05) is 56.4 Å². The van der Waals surface area contributed by atoms with E-state index in [-0.39, 0.29) is 6.03 Å². The molecule has 2 N–H and O–H groups in total. The van der Waals surface area contributed by atoms with Gasteiger partial charge in [-0.25, -0.2) is 4.79 Å². The Hall–Kier alpha value is -3.64. The molecule has 0 radical (unpaired) electrons. The van der Waals surface area contributed by atoms with Crippen LogP contribution in [0.1, 0.15) is 11.1 Å². The Morgan fingerprint density at radius 2 is 1.29 bits per heavy atom. The number of nitrogens with zero attached hydrogens (tertiary/aromatic N) is 3. The maximum absolute atomic E-state index is 13.1. The van der Waals surface area contributed by atoms with Crippen molar-refractivity contribution in [2.24, 2.45) is 0 Å². The molecule has 0 unspecified atom stereocenters. The average Bonchev–Trinajstić information content (AvgIpc) is 2.88. The first-order valence-electron chi connectivity index (χ1n) is 11.6. The molecule has 1 saturated heterocycles. The lowest BCUT2D eigenvalue weighted by Crippen LogP contribution is -2.53. The Bertz CT molecular complexity index is 1210. The Morgan fingerprint density at radius 1 is 0.789 bits per heavy atom. The topological polar surface area (TPSA) is 68.7 Å². The number of carbonyl (C=O) groups is 1. The number of aliphatic hydroxyl groups is 1. The van der Waals surface area contributed by atoms with Crippen LogP contribution >= 0.6 is 0 Å². The van der Waals surface area contributed by atoms with E-state index in [2.05, 4.69) is 15.2 Å². The van der Waals surface area contributed by atoms with Gasteiger partial charge in [0.05, 0.1) is 0 Å². The molecule has 0 aliphatic carbocycles. The fraction of sp³-hybridized carbons (Fsp3) is 0.308. The second-order valence-corrected chi connectivity index (χ2v) is 8.91. The van der Waals surface area contributed by atoms with Gasteiger partial charge < -0.3 is 15.3 Å².